The molecule has 3 nitrogen and oxygen atoms in total. The van der Waals surface area contributed by atoms with Crippen LogP contribution in [0.3, 0.4) is 0 Å². The second kappa shape index (κ2) is 7.25. The molecule has 1 aliphatic rings. The molecule has 1 heterocycles. The molecule has 0 aliphatic carbocycles. The van der Waals surface area contributed by atoms with Gasteiger partial charge >= 0.3 is 0 Å². The summed E-state index contributed by atoms with van der Waals surface area (Å²) < 4.78 is 0. The Hall–Kier alpha value is -0.120. The molecule has 1 aliphatic heterocycles. The summed E-state index contributed by atoms with van der Waals surface area (Å²) in [6, 6.07) is 0.697. The zero-order valence-electron chi connectivity index (χ0n) is 11.3. The topological polar surface area (TPSA) is 32.5 Å². The fraction of sp³-hybridized carbons (Fsp3) is 1.00. The zero-order chi connectivity index (χ0) is 12.0. The van der Waals surface area contributed by atoms with E-state index in [2.05, 4.69) is 30.7 Å². The van der Waals surface area contributed by atoms with Gasteiger partial charge in [0.05, 0.1) is 0 Å². The highest BCUT2D eigenvalue weighted by atomic mass is 15.2. The predicted molar refractivity (Wildman–Crippen MR) is 70.6 cm³/mol. The smallest absolute Gasteiger partial charge is 0.0194 e. The second-order valence-corrected chi connectivity index (χ2v) is 5.30. The van der Waals surface area contributed by atoms with Gasteiger partial charge in [0.1, 0.15) is 0 Å². The molecule has 3 heteroatoms. The van der Waals surface area contributed by atoms with E-state index in [-0.39, 0.29) is 0 Å². The minimum absolute atomic E-state index is 0.697. The number of nitrogens with two attached hydrogens (primary N) is 1. The molecule has 1 rings (SSSR count). The first-order valence-electron chi connectivity index (χ1n) is 6.80. The molecular formula is C13H29N3. The highest BCUT2D eigenvalue weighted by Gasteiger charge is 2.19. The highest BCUT2D eigenvalue weighted by Crippen LogP contribution is 2.12. The van der Waals surface area contributed by atoms with Crippen molar-refractivity contribution in [1.29, 1.82) is 0 Å². The van der Waals surface area contributed by atoms with Crippen LogP contribution in [-0.2, 0) is 0 Å². The molecule has 1 saturated heterocycles. The van der Waals surface area contributed by atoms with Crippen LogP contribution in [0.15, 0.2) is 0 Å². The van der Waals surface area contributed by atoms with Gasteiger partial charge in [0.15, 0.2) is 0 Å². The maximum Gasteiger partial charge on any atom is 0.0194 e. The van der Waals surface area contributed by atoms with Crippen LogP contribution in [0.25, 0.3) is 0 Å². The number of likely N-dealkylation sites (N-methyl/N-ethyl adjacent to an activating group) is 1. The van der Waals surface area contributed by atoms with Gasteiger partial charge in [-0.15, -0.1) is 0 Å². The standard InChI is InChI=1S/C13H29N3/c1-4-13(10-14)6-9-16-8-5-7-15(3)11-12(16)2/h12-13H,4-11,14H2,1-3H3. The third-order valence-electron chi connectivity index (χ3n) is 3.92. The molecular weight excluding hydrogens is 198 g/mol. The lowest BCUT2D eigenvalue weighted by atomic mass is 10.0. The highest BCUT2D eigenvalue weighted by molar-refractivity contribution is 4.76. The molecule has 16 heavy (non-hydrogen) atoms. The minimum atomic E-state index is 0.697. The predicted octanol–water partition coefficient (Wildman–Crippen LogP) is 1.39. The number of hydrogen-bond donors (Lipinski definition) is 1. The molecule has 96 valence electrons. The first-order chi connectivity index (χ1) is 7.67. The van der Waals surface area contributed by atoms with Gasteiger partial charge in [-0.25, -0.2) is 0 Å². The van der Waals surface area contributed by atoms with E-state index in [9.17, 15) is 0 Å². The van der Waals surface area contributed by atoms with Crippen molar-refractivity contribution in [3.63, 3.8) is 0 Å². The van der Waals surface area contributed by atoms with E-state index >= 15 is 0 Å². The van der Waals surface area contributed by atoms with Crippen molar-refractivity contribution in [2.24, 2.45) is 11.7 Å². The molecule has 1 fully saturated rings. The fourth-order valence-electron chi connectivity index (χ4n) is 2.59. The average Bonchev–Trinajstić information content (AvgIpc) is 2.42. The summed E-state index contributed by atoms with van der Waals surface area (Å²) in [5, 5.41) is 0. The Morgan fingerprint density at radius 2 is 2.12 bits per heavy atom. The third kappa shape index (κ3) is 4.40. The summed E-state index contributed by atoms with van der Waals surface area (Å²) in [4.78, 5) is 5.09. The van der Waals surface area contributed by atoms with Gasteiger partial charge in [-0.2, -0.15) is 0 Å². The van der Waals surface area contributed by atoms with Crippen molar-refractivity contribution in [3.8, 4) is 0 Å². The summed E-state index contributed by atoms with van der Waals surface area (Å²) in [6.07, 6.45) is 3.79. The van der Waals surface area contributed by atoms with Gasteiger partial charge in [0.25, 0.3) is 0 Å². The van der Waals surface area contributed by atoms with Gasteiger partial charge in [-0.3, -0.25) is 4.90 Å². The van der Waals surface area contributed by atoms with Crippen molar-refractivity contribution in [3.05, 3.63) is 0 Å². The first-order valence-corrected chi connectivity index (χ1v) is 6.80. The van der Waals surface area contributed by atoms with Gasteiger partial charge in [0, 0.05) is 12.6 Å². The molecule has 0 bridgehead atoms. The lowest BCUT2D eigenvalue weighted by Crippen LogP contribution is -2.39. The zero-order valence-corrected chi connectivity index (χ0v) is 11.3. The fourth-order valence-corrected chi connectivity index (χ4v) is 2.59. The van der Waals surface area contributed by atoms with Crippen molar-refractivity contribution in [1.82, 2.24) is 9.80 Å². The van der Waals surface area contributed by atoms with Crippen molar-refractivity contribution in [2.45, 2.75) is 39.2 Å². The Kier molecular flexibility index (Phi) is 6.32. The van der Waals surface area contributed by atoms with E-state index in [4.69, 9.17) is 5.73 Å². The largest absolute Gasteiger partial charge is 0.330 e. The average molecular weight is 227 g/mol. The van der Waals surface area contributed by atoms with Gasteiger partial charge in [0.2, 0.25) is 0 Å². The molecule has 0 aromatic heterocycles. The number of rotatable bonds is 5. The summed E-state index contributed by atoms with van der Waals surface area (Å²) in [7, 11) is 2.23. The van der Waals surface area contributed by atoms with Crippen molar-refractivity contribution < 1.29 is 0 Å². The van der Waals surface area contributed by atoms with Gasteiger partial charge in [-0.1, -0.05) is 13.3 Å². The normalized spacial score (nSPS) is 26.6. The number of hydrogen-bond acceptors (Lipinski definition) is 3. The Bertz CT molecular complexity index is 180. The van der Waals surface area contributed by atoms with Crippen LogP contribution >= 0.6 is 0 Å². The maximum atomic E-state index is 5.76. The van der Waals surface area contributed by atoms with E-state index in [0.717, 1.165) is 6.54 Å². The number of nitrogens with zero attached hydrogens (tertiary/aromatic N) is 2. The van der Waals surface area contributed by atoms with Crippen LogP contribution in [0.5, 0.6) is 0 Å². The molecule has 0 aromatic rings. The second-order valence-electron chi connectivity index (χ2n) is 5.30. The Morgan fingerprint density at radius 3 is 2.75 bits per heavy atom. The molecule has 0 saturated carbocycles. The molecule has 0 amide bonds. The van der Waals surface area contributed by atoms with Crippen molar-refractivity contribution >= 4 is 0 Å². The SMILES string of the molecule is CCC(CN)CCN1CCCN(C)CC1C. The molecule has 0 aromatic carbocycles. The molecule has 0 spiro atoms. The van der Waals surface area contributed by atoms with Crippen LogP contribution in [0.2, 0.25) is 0 Å². The summed E-state index contributed by atoms with van der Waals surface area (Å²) in [5.74, 6) is 0.716. The summed E-state index contributed by atoms with van der Waals surface area (Å²) >= 11 is 0. The molecule has 2 N–H and O–H groups in total. The summed E-state index contributed by atoms with van der Waals surface area (Å²) in [6.45, 7) is 10.4. The van der Waals surface area contributed by atoms with Crippen LogP contribution < -0.4 is 5.73 Å². The van der Waals surface area contributed by atoms with Crippen LogP contribution in [0.4, 0.5) is 0 Å². The van der Waals surface area contributed by atoms with Crippen LogP contribution in [0.1, 0.15) is 33.1 Å². The molecule has 2 atom stereocenters. The quantitative estimate of drug-likeness (QED) is 0.770. The van der Waals surface area contributed by atoms with E-state index in [1.807, 2.05) is 0 Å². The van der Waals surface area contributed by atoms with E-state index in [1.165, 1.54) is 45.4 Å². The van der Waals surface area contributed by atoms with E-state index in [0.29, 0.717) is 12.0 Å². The van der Waals surface area contributed by atoms with E-state index < -0.39 is 0 Å². The Balaban J connectivity index is 2.34. The molecule has 2 unspecified atom stereocenters. The maximum absolute atomic E-state index is 5.76. The monoisotopic (exact) mass is 227 g/mol. The van der Waals surface area contributed by atoms with Crippen LogP contribution in [-0.4, -0.2) is 55.6 Å². The third-order valence-corrected chi connectivity index (χ3v) is 3.92. The first kappa shape index (κ1) is 13.9. The Morgan fingerprint density at radius 1 is 1.38 bits per heavy atom. The lowest BCUT2D eigenvalue weighted by Gasteiger charge is -2.29. The van der Waals surface area contributed by atoms with Gasteiger partial charge < -0.3 is 10.6 Å². The lowest BCUT2D eigenvalue weighted by molar-refractivity contribution is 0.189. The Labute approximate surface area is 101 Å². The van der Waals surface area contributed by atoms with Gasteiger partial charge in [-0.05, 0) is 58.9 Å². The molecule has 0 radical (unpaired) electrons. The summed E-state index contributed by atoms with van der Waals surface area (Å²) in [5.41, 5.74) is 5.76. The van der Waals surface area contributed by atoms with E-state index in [1.54, 1.807) is 0 Å². The van der Waals surface area contributed by atoms with Crippen molar-refractivity contribution in [2.75, 3.05) is 39.8 Å². The minimum Gasteiger partial charge on any atom is -0.330 e. The van der Waals surface area contributed by atoms with Crippen LogP contribution in [0, 0.1) is 5.92 Å².